The number of ether oxygens (including phenoxy) is 3. The Kier molecular flexibility index (Phi) is 6.90. The molecule has 0 aliphatic heterocycles. The van der Waals surface area contributed by atoms with Crippen molar-refractivity contribution in [3.8, 4) is 17.2 Å². The molecule has 0 unspecified atom stereocenters. The second-order valence-electron chi connectivity index (χ2n) is 5.63. The van der Waals surface area contributed by atoms with Gasteiger partial charge in [0.15, 0.2) is 11.5 Å². The number of methoxy groups -OCH3 is 3. The lowest BCUT2D eigenvalue weighted by atomic mass is 10.1. The van der Waals surface area contributed by atoms with Gasteiger partial charge in [-0.25, -0.2) is 0 Å². The van der Waals surface area contributed by atoms with E-state index in [9.17, 15) is 9.59 Å². The lowest BCUT2D eigenvalue weighted by Crippen LogP contribution is -2.35. The Morgan fingerprint density at radius 2 is 1.63 bits per heavy atom. The number of halogens is 1. The van der Waals surface area contributed by atoms with Crippen LogP contribution in [0.1, 0.15) is 10.4 Å². The minimum absolute atomic E-state index is 0.150. The van der Waals surface area contributed by atoms with Gasteiger partial charge in [-0.05, 0) is 18.2 Å². The minimum atomic E-state index is -0.394. The Morgan fingerprint density at radius 1 is 1.00 bits per heavy atom. The number of likely N-dealkylation sites (N-methyl/N-ethyl adjacent to an activating group) is 1. The second-order valence-corrected chi connectivity index (χ2v) is 6.06. The molecule has 27 heavy (non-hydrogen) atoms. The van der Waals surface area contributed by atoms with Crippen molar-refractivity contribution in [3.63, 3.8) is 0 Å². The fourth-order valence-corrected chi connectivity index (χ4v) is 2.65. The first-order valence-corrected chi connectivity index (χ1v) is 8.38. The third-order valence-electron chi connectivity index (χ3n) is 3.77. The molecule has 0 heterocycles. The van der Waals surface area contributed by atoms with Crippen LogP contribution >= 0.6 is 11.6 Å². The number of rotatable bonds is 7. The van der Waals surface area contributed by atoms with Crippen LogP contribution in [-0.2, 0) is 4.79 Å². The fourth-order valence-electron chi connectivity index (χ4n) is 2.46. The molecule has 144 valence electrons. The Labute approximate surface area is 162 Å². The van der Waals surface area contributed by atoms with Crippen LogP contribution in [0.5, 0.6) is 17.2 Å². The molecule has 0 saturated carbocycles. The first kappa shape index (κ1) is 20.4. The van der Waals surface area contributed by atoms with E-state index in [-0.39, 0.29) is 18.0 Å². The Bertz CT molecular complexity index is 841. The Morgan fingerprint density at radius 3 is 2.22 bits per heavy atom. The highest BCUT2D eigenvalue weighted by molar-refractivity contribution is 6.30. The zero-order chi connectivity index (χ0) is 20.0. The number of nitrogens with zero attached hydrogens (tertiary/aromatic N) is 1. The van der Waals surface area contributed by atoms with Crippen LogP contribution in [0.4, 0.5) is 5.69 Å². The van der Waals surface area contributed by atoms with Crippen LogP contribution in [0.25, 0.3) is 0 Å². The molecule has 0 aliphatic rings. The van der Waals surface area contributed by atoms with E-state index >= 15 is 0 Å². The molecule has 0 aliphatic carbocycles. The number of anilines is 1. The van der Waals surface area contributed by atoms with Crippen LogP contribution in [0.2, 0.25) is 5.02 Å². The zero-order valence-corrected chi connectivity index (χ0v) is 16.3. The molecule has 2 rings (SSSR count). The highest BCUT2D eigenvalue weighted by atomic mass is 35.5. The number of carbonyl (C=O) groups is 2. The fraction of sp³-hybridized carbons (Fsp3) is 0.263. The molecule has 0 bridgehead atoms. The van der Waals surface area contributed by atoms with Crippen molar-refractivity contribution in [2.75, 3.05) is 40.2 Å². The summed E-state index contributed by atoms with van der Waals surface area (Å²) in [6.45, 7) is -0.150. The molecule has 2 aromatic rings. The number of carbonyl (C=O) groups excluding carboxylic acids is 2. The number of hydrogen-bond acceptors (Lipinski definition) is 5. The van der Waals surface area contributed by atoms with Gasteiger partial charge in [0.05, 0.1) is 33.4 Å². The molecule has 0 spiro atoms. The maximum Gasteiger partial charge on any atom is 0.257 e. The molecule has 0 radical (unpaired) electrons. The van der Waals surface area contributed by atoms with Crippen LogP contribution in [0.15, 0.2) is 36.4 Å². The normalized spacial score (nSPS) is 10.1. The Balaban J connectivity index is 2.15. The predicted molar refractivity (Wildman–Crippen MR) is 103 cm³/mol. The van der Waals surface area contributed by atoms with E-state index in [0.717, 1.165) is 0 Å². The first-order valence-electron chi connectivity index (χ1n) is 8.00. The van der Waals surface area contributed by atoms with E-state index < -0.39 is 5.91 Å². The number of amides is 2. The van der Waals surface area contributed by atoms with Crippen LogP contribution in [0.3, 0.4) is 0 Å². The van der Waals surface area contributed by atoms with Gasteiger partial charge >= 0.3 is 0 Å². The minimum Gasteiger partial charge on any atom is -0.496 e. The standard InChI is InChI=1S/C19H21ClN2O5/c1-22(11-18(23)21-13-7-5-6-12(20)8-13)19(24)14-9-16(26-3)17(27-4)10-15(14)25-2/h5-10H,11H2,1-4H3,(H,21,23). The molecular formula is C19H21ClN2O5. The topological polar surface area (TPSA) is 77.1 Å². The molecule has 2 aromatic carbocycles. The summed E-state index contributed by atoms with van der Waals surface area (Å²) in [6.07, 6.45) is 0. The smallest absolute Gasteiger partial charge is 0.257 e. The highest BCUT2D eigenvalue weighted by Gasteiger charge is 2.22. The van der Waals surface area contributed by atoms with Gasteiger partial charge in [0.1, 0.15) is 5.75 Å². The quantitative estimate of drug-likeness (QED) is 0.783. The van der Waals surface area contributed by atoms with Crippen molar-refractivity contribution >= 4 is 29.1 Å². The summed E-state index contributed by atoms with van der Waals surface area (Å²) in [6, 6.07) is 9.84. The van der Waals surface area contributed by atoms with Gasteiger partial charge in [-0.15, -0.1) is 0 Å². The lowest BCUT2D eigenvalue weighted by molar-refractivity contribution is -0.116. The van der Waals surface area contributed by atoms with Gasteiger partial charge in [0, 0.05) is 29.9 Å². The third-order valence-corrected chi connectivity index (χ3v) is 4.01. The third kappa shape index (κ3) is 5.04. The SMILES string of the molecule is COc1cc(OC)c(C(=O)N(C)CC(=O)Nc2cccc(Cl)c2)cc1OC. The van der Waals surface area contributed by atoms with E-state index in [1.807, 2.05) is 0 Å². The van der Waals surface area contributed by atoms with Crippen molar-refractivity contribution in [1.29, 1.82) is 0 Å². The van der Waals surface area contributed by atoms with Gasteiger partial charge in [-0.2, -0.15) is 0 Å². The molecule has 2 amide bonds. The summed E-state index contributed by atoms with van der Waals surface area (Å²) in [7, 11) is 5.94. The monoisotopic (exact) mass is 392 g/mol. The summed E-state index contributed by atoms with van der Waals surface area (Å²) in [5.74, 6) is 0.395. The van der Waals surface area contributed by atoms with Crippen LogP contribution < -0.4 is 19.5 Å². The average Bonchev–Trinajstić information content (AvgIpc) is 2.65. The molecule has 8 heteroatoms. The number of nitrogens with one attached hydrogen (secondary N) is 1. The van der Waals surface area contributed by atoms with Crippen molar-refractivity contribution in [1.82, 2.24) is 4.90 Å². The summed E-state index contributed by atoms with van der Waals surface area (Å²) in [5.41, 5.74) is 0.810. The summed E-state index contributed by atoms with van der Waals surface area (Å²) < 4.78 is 15.7. The lowest BCUT2D eigenvalue weighted by Gasteiger charge is -2.19. The molecule has 0 fully saturated rings. The van der Waals surface area contributed by atoms with Crippen molar-refractivity contribution in [2.24, 2.45) is 0 Å². The number of hydrogen-bond donors (Lipinski definition) is 1. The number of benzene rings is 2. The van der Waals surface area contributed by atoms with Gasteiger partial charge in [0.2, 0.25) is 5.91 Å². The molecule has 1 N–H and O–H groups in total. The van der Waals surface area contributed by atoms with E-state index in [0.29, 0.717) is 28.0 Å². The van der Waals surface area contributed by atoms with Gasteiger partial charge in [-0.1, -0.05) is 17.7 Å². The second kappa shape index (κ2) is 9.14. The first-order chi connectivity index (χ1) is 12.9. The average molecular weight is 393 g/mol. The van der Waals surface area contributed by atoms with Crippen molar-refractivity contribution < 1.29 is 23.8 Å². The van der Waals surface area contributed by atoms with E-state index in [4.69, 9.17) is 25.8 Å². The zero-order valence-electron chi connectivity index (χ0n) is 15.5. The maximum absolute atomic E-state index is 12.8. The van der Waals surface area contributed by atoms with E-state index in [2.05, 4.69) is 5.32 Å². The summed E-state index contributed by atoms with van der Waals surface area (Å²) in [4.78, 5) is 26.3. The molecule has 0 aromatic heterocycles. The van der Waals surface area contributed by atoms with Crippen LogP contribution in [0, 0.1) is 0 Å². The largest absolute Gasteiger partial charge is 0.496 e. The van der Waals surface area contributed by atoms with Gasteiger partial charge in [0.25, 0.3) is 5.91 Å². The Hall–Kier alpha value is -2.93. The van der Waals surface area contributed by atoms with Gasteiger partial charge < -0.3 is 24.4 Å². The molecule has 0 atom stereocenters. The van der Waals surface area contributed by atoms with E-state index in [1.54, 1.807) is 30.3 Å². The van der Waals surface area contributed by atoms with Crippen molar-refractivity contribution in [3.05, 3.63) is 47.0 Å². The van der Waals surface area contributed by atoms with Gasteiger partial charge in [-0.3, -0.25) is 9.59 Å². The summed E-state index contributed by atoms with van der Waals surface area (Å²) >= 11 is 5.90. The van der Waals surface area contributed by atoms with Crippen molar-refractivity contribution in [2.45, 2.75) is 0 Å². The maximum atomic E-state index is 12.8. The van der Waals surface area contributed by atoms with Crippen LogP contribution in [-0.4, -0.2) is 51.6 Å². The molecular weight excluding hydrogens is 372 g/mol. The summed E-state index contributed by atoms with van der Waals surface area (Å²) in [5, 5.41) is 3.20. The predicted octanol–water partition coefficient (Wildman–Crippen LogP) is 3.08. The highest BCUT2D eigenvalue weighted by Crippen LogP contribution is 2.35. The molecule has 0 saturated heterocycles. The van der Waals surface area contributed by atoms with E-state index in [1.165, 1.54) is 39.3 Å². The molecule has 7 nitrogen and oxygen atoms in total.